The van der Waals surface area contributed by atoms with Crippen LogP contribution in [0.5, 0.6) is 0 Å². The molecular formula is C5H10N4S. The van der Waals surface area contributed by atoms with Gasteiger partial charge in [-0.05, 0) is 12.2 Å². The molecule has 0 aromatic heterocycles. The average molecular weight is 158 g/mol. The molecule has 0 amide bonds. The van der Waals surface area contributed by atoms with Crippen LogP contribution in [0.25, 0.3) is 0 Å². The molecule has 10 heavy (non-hydrogen) atoms. The van der Waals surface area contributed by atoms with Gasteiger partial charge in [0.25, 0.3) is 0 Å². The molecule has 0 saturated heterocycles. The third-order valence-electron chi connectivity index (χ3n) is 0.628. The highest BCUT2D eigenvalue weighted by molar-refractivity contribution is 7.80. The first kappa shape index (κ1) is 8.90. The molecule has 0 aliphatic heterocycles. The van der Waals surface area contributed by atoms with Gasteiger partial charge in [-0.2, -0.15) is 4.99 Å². The number of thiocarbonyl (C=S) groups is 1. The van der Waals surface area contributed by atoms with Crippen molar-refractivity contribution >= 4 is 23.3 Å². The lowest BCUT2D eigenvalue weighted by Crippen LogP contribution is -2.28. The first-order valence-electron chi connectivity index (χ1n) is 2.65. The Hall–Kier alpha value is -1.10. The van der Waals surface area contributed by atoms with E-state index in [1.165, 1.54) is 0 Å². The van der Waals surface area contributed by atoms with E-state index in [-0.39, 0.29) is 11.1 Å². The van der Waals surface area contributed by atoms with E-state index in [0.717, 1.165) is 0 Å². The predicted molar refractivity (Wildman–Crippen MR) is 46.6 cm³/mol. The van der Waals surface area contributed by atoms with E-state index in [9.17, 15) is 0 Å². The highest BCUT2D eigenvalue weighted by Crippen LogP contribution is 1.72. The van der Waals surface area contributed by atoms with Gasteiger partial charge in [0.2, 0.25) is 0 Å². The van der Waals surface area contributed by atoms with Crippen molar-refractivity contribution in [1.29, 1.82) is 0 Å². The normalized spacial score (nSPS) is 8.00. The minimum absolute atomic E-state index is 0.0402. The molecule has 0 bridgehead atoms. The Morgan fingerprint density at radius 1 is 1.70 bits per heavy atom. The minimum Gasteiger partial charge on any atom is -0.370 e. The van der Waals surface area contributed by atoms with Crippen molar-refractivity contribution in [2.75, 3.05) is 6.54 Å². The van der Waals surface area contributed by atoms with Gasteiger partial charge in [0.15, 0.2) is 11.1 Å². The fourth-order valence-corrected chi connectivity index (χ4v) is 0.505. The Morgan fingerprint density at radius 2 is 2.30 bits per heavy atom. The summed E-state index contributed by atoms with van der Waals surface area (Å²) < 4.78 is 0. The van der Waals surface area contributed by atoms with Crippen molar-refractivity contribution in [2.24, 2.45) is 16.5 Å². The molecule has 0 aromatic rings. The molecule has 0 aliphatic rings. The van der Waals surface area contributed by atoms with Gasteiger partial charge in [0.1, 0.15) is 0 Å². The number of nitrogens with one attached hydrogen (secondary N) is 1. The van der Waals surface area contributed by atoms with E-state index < -0.39 is 0 Å². The molecule has 0 fully saturated rings. The highest BCUT2D eigenvalue weighted by atomic mass is 32.1. The first-order chi connectivity index (χ1) is 4.66. The van der Waals surface area contributed by atoms with Crippen LogP contribution in [0.4, 0.5) is 0 Å². The zero-order valence-electron chi connectivity index (χ0n) is 5.50. The Kier molecular flexibility index (Phi) is 4.23. The molecule has 0 saturated carbocycles. The summed E-state index contributed by atoms with van der Waals surface area (Å²) >= 11 is 4.69. The van der Waals surface area contributed by atoms with Crippen molar-refractivity contribution in [3.05, 3.63) is 12.7 Å². The molecule has 0 unspecified atom stereocenters. The highest BCUT2D eigenvalue weighted by Gasteiger charge is 1.87. The molecule has 0 spiro atoms. The summed E-state index contributed by atoms with van der Waals surface area (Å²) in [6, 6.07) is 0. The largest absolute Gasteiger partial charge is 0.370 e. The van der Waals surface area contributed by atoms with E-state index >= 15 is 0 Å². The summed E-state index contributed by atoms with van der Waals surface area (Å²) in [6.07, 6.45) is 1.66. The van der Waals surface area contributed by atoms with Crippen LogP contribution >= 0.6 is 12.2 Å². The van der Waals surface area contributed by atoms with Gasteiger partial charge in [0, 0.05) is 6.54 Å². The van der Waals surface area contributed by atoms with Gasteiger partial charge >= 0.3 is 0 Å². The maximum absolute atomic E-state index is 5.04. The maximum Gasteiger partial charge on any atom is 0.196 e. The van der Waals surface area contributed by atoms with Gasteiger partial charge in [-0.25, -0.2) is 0 Å². The second-order valence-electron chi connectivity index (χ2n) is 1.51. The Morgan fingerprint density at radius 3 is 2.70 bits per heavy atom. The van der Waals surface area contributed by atoms with Crippen molar-refractivity contribution in [2.45, 2.75) is 0 Å². The zero-order valence-corrected chi connectivity index (χ0v) is 6.32. The molecular weight excluding hydrogens is 148 g/mol. The van der Waals surface area contributed by atoms with Crippen LogP contribution in [0.15, 0.2) is 17.6 Å². The monoisotopic (exact) mass is 158 g/mol. The van der Waals surface area contributed by atoms with Crippen LogP contribution in [0.3, 0.4) is 0 Å². The molecule has 0 radical (unpaired) electrons. The van der Waals surface area contributed by atoms with E-state index in [1.54, 1.807) is 6.08 Å². The van der Waals surface area contributed by atoms with E-state index in [0.29, 0.717) is 6.54 Å². The van der Waals surface area contributed by atoms with Crippen molar-refractivity contribution in [1.82, 2.24) is 5.32 Å². The predicted octanol–water partition coefficient (Wildman–Crippen LogP) is -0.680. The molecule has 0 aromatic carbocycles. The number of nitrogens with two attached hydrogens (primary N) is 2. The topological polar surface area (TPSA) is 76.4 Å². The fourth-order valence-electron chi connectivity index (χ4n) is 0.316. The van der Waals surface area contributed by atoms with Crippen LogP contribution in [-0.4, -0.2) is 17.6 Å². The van der Waals surface area contributed by atoms with Crippen molar-refractivity contribution in [3.63, 3.8) is 0 Å². The Labute approximate surface area is 65.0 Å². The smallest absolute Gasteiger partial charge is 0.196 e. The average Bonchev–Trinajstić information content (AvgIpc) is 1.82. The lowest BCUT2D eigenvalue weighted by Gasteiger charge is -1.97. The van der Waals surface area contributed by atoms with Crippen LogP contribution in [-0.2, 0) is 0 Å². The zero-order chi connectivity index (χ0) is 7.98. The summed E-state index contributed by atoms with van der Waals surface area (Å²) in [5, 5.41) is 3.01. The second kappa shape index (κ2) is 4.75. The number of guanidine groups is 1. The van der Waals surface area contributed by atoms with Gasteiger partial charge in [0.05, 0.1) is 0 Å². The molecule has 0 aliphatic carbocycles. The van der Waals surface area contributed by atoms with Crippen LogP contribution in [0, 0.1) is 0 Å². The van der Waals surface area contributed by atoms with Gasteiger partial charge < -0.3 is 16.8 Å². The third kappa shape index (κ3) is 5.04. The summed E-state index contributed by atoms with van der Waals surface area (Å²) in [5.41, 5.74) is 10.1. The van der Waals surface area contributed by atoms with Crippen LogP contribution in [0.2, 0.25) is 0 Å². The van der Waals surface area contributed by atoms with E-state index in [4.69, 9.17) is 11.5 Å². The Bertz CT molecular complexity index is 159. The number of aliphatic imine (C=N–C) groups is 1. The molecule has 0 rings (SSSR count). The summed E-state index contributed by atoms with van der Waals surface area (Å²) in [7, 11) is 0. The fraction of sp³-hybridized carbons (Fsp3) is 0.200. The van der Waals surface area contributed by atoms with Crippen molar-refractivity contribution < 1.29 is 0 Å². The Balaban J connectivity index is 3.64. The number of hydrogen-bond donors (Lipinski definition) is 3. The van der Waals surface area contributed by atoms with Gasteiger partial charge in [-0.15, -0.1) is 6.58 Å². The molecule has 0 atom stereocenters. The van der Waals surface area contributed by atoms with E-state index in [1.807, 2.05) is 0 Å². The first-order valence-corrected chi connectivity index (χ1v) is 3.06. The third-order valence-corrected chi connectivity index (χ3v) is 0.864. The minimum atomic E-state index is -0.0402. The molecule has 5 heteroatoms. The van der Waals surface area contributed by atoms with Gasteiger partial charge in [-0.3, -0.25) is 0 Å². The van der Waals surface area contributed by atoms with E-state index in [2.05, 4.69) is 29.1 Å². The summed E-state index contributed by atoms with van der Waals surface area (Å²) in [4.78, 5) is 3.56. The summed E-state index contributed by atoms with van der Waals surface area (Å²) in [5.74, 6) is -0.0402. The lowest BCUT2D eigenvalue weighted by atomic mass is 10.6. The van der Waals surface area contributed by atoms with Crippen LogP contribution < -0.4 is 16.8 Å². The standard InChI is InChI=1S/C5H10N4S/c1-2-3-8-5(10)9-4(6)7/h2H,1,3H2,(H5,6,7,8,9,10). The number of hydrogen-bond acceptors (Lipinski definition) is 1. The second-order valence-corrected chi connectivity index (χ2v) is 1.90. The lowest BCUT2D eigenvalue weighted by molar-refractivity contribution is 1.05. The number of nitrogens with zero attached hydrogens (tertiary/aromatic N) is 1. The maximum atomic E-state index is 5.04. The number of rotatable bonds is 2. The SMILES string of the molecule is C=CCNC(=S)N=C(N)N. The van der Waals surface area contributed by atoms with Gasteiger partial charge in [-0.1, -0.05) is 6.08 Å². The molecule has 5 N–H and O–H groups in total. The quantitative estimate of drug-likeness (QED) is 0.215. The van der Waals surface area contributed by atoms with Crippen LogP contribution in [0.1, 0.15) is 0 Å². The molecule has 0 heterocycles. The van der Waals surface area contributed by atoms with Crippen molar-refractivity contribution in [3.8, 4) is 0 Å². The molecule has 56 valence electrons. The summed E-state index contributed by atoms with van der Waals surface area (Å²) in [6.45, 7) is 4.04. The molecule has 4 nitrogen and oxygen atoms in total.